The lowest BCUT2D eigenvalue weighted by Crippen LogP contribution is -2.32. The van der Waals surface area contributed by atoms with Crippen LogP contribution in [-0.2, 0) is 16.4 Å². The van der Waals surface area contributed by atoms with Gasteiger partial charge in [-0.05, 0) is 62.3 Å². The first kappa shape index (κ1) is 16.2. The second-order valence-electron chi connectivity index (χ2n) is 6.49. The average molecular weight is 329 g/mol. The van der Waals surface area contributed by atoms with Crippen molar-refractivity contribution in [3.05, 3.63) is 64.2 Å². The minimum Gasteiger partial charge on any atom is -0.207 e. The minimum absolute atomic E-state index is 0.134. The van der Waals surface area contributed by atoms with Crippen LogP contribution in [0.3, 0.4) is 0 Å². The lowest BCUT2D eigenvalue weighted by atomic mass is 9.88. The summed E-state index contributed by atoms with van der Waals surface area (Å²) in [4.78, 5) is 0.422. The van der Waals surface area contributed by atoms with Gasteiger partial charge in [-0.25, -0.2) is 13.1 Å². The SMILES string of the molecule is Cc1cc(C)c(S(=O)(=O)NC2CCCc3ccccc32)c(C)c1. The molecule has 0 heterocycles. The van der Waals surface area contributed by atoms with Gasteiger partial charge in [-0.2, -0.15) is 0 Å². The third-order valence-corrected chi connectivity index (χ3v) is 6.32. The molecule has 1 aliphatic rings. The Bertz CT molecular complexity index is 817. The third-order valence-electron chi connectivity index (χ3n) is 4.54. The smallest absolute Gasteiger partial charge is 0.207 e. The van der Waals surface area contributed by atoms with E-state index in [0.29, 0.717) is 4.90 Å². The molecule has 0 aromatic heterocycles. The Labute approximate surface area is 138 Å². The van der Waals surface area contributed by atoms with Crippen LogP contribution >= 0.6 is 0 Å². The molecule has 0 amide bonds. The maximum absolute atomic E-state index is 13.0. The molecule has 1 aliphatic carbocycles. The van der Waals surface area contributed by atoms with Crippen LogP contribution in [0.2, 0.25) is 0 Å². The second-order valence-corrected chi connectivity index (χ2v) is 8.14. The Morgan fingerprint density at radius 3 is 2.39 bits per heavy atom. The van der Waals surface area contributed by atoms with Crippen molar-refractivity contribution in [2.24, 2.45) is 0 Å². The summed E-state index contributed by atoms with van der Waals surface area (Å²) in [5, 5.41) is 0. The topological polar surface area (TPSA) is 46.2 Å². The van der Waals surface area contributed by atoms with Crippen LogP contribution < -0.4 is 4.72 Å². The van der Waals surface area contributed by atoms with Crippen LogP contribution in [-0.4, -0.2) is 8.42 Å². The minimum atomic E-state index is -3.53. The highest BCUT2D eigenvalue weighted by molar-refractivity contribution is 7.89. The molecule has 0 fully saturated rings. The normalized spacial score (nSPS) is 17.8. The quantitative estimate of drug-likeness (QED) is 0.926. The number of fused-ring (bicyclic) bond motifs is 1. The molecule has 23 heavy (non-hydrogen) atoms. The average Bonchev–Trinajstić information content (AvgIpc) is 2.45. The second kappa shape index (κ2) is 6.10. The van der Waals surface area contributed by atoms with Gasteiger partial charge in [0, 0.05) is 6.04 Å². The molecule has 1 atom stereocenters. The number of benzene rings is 2. The van der Waals surface area contributed by atoms with Gasteiger partial charge in [0.15, 0.2) is 0 Å². The number of sulfonamides is 1. The van der Waals surface area contributed by atoms with Crippen molar-refractivity contribution < 1.29 is 8.42 Å². The number of hydrogen-bond donors (Lipinski definition) is 1. The first-order valence-corrected chi connectivity index (χ1v) is 9.55. The summed E-state index contributed by atoms with van der Waals surface area (Å²) in [5.74, 6) is 0. The van der Waals surface area contributed by atoms with E-state index >= 15 is 0 Å². The van der Waals surface area contributed by atoms with E-state index in [1.54, 1.807) is 0 Å². The van der Waals surface area contributed by atoms with E-state index < -0.39 is 10.0 Å². The standard InChI is InChI=1S/C19H23NO2S/c1-13-11-14(2)19(15(3)12-13)23(21,22)20-18-10-6-8-16-7-4-5-9-17(16)18/h4-5,7,9,11-12,18,20H,6,8,10H2,1-3H3. The van der Waals surface area contributed by atoms with Crippen LogP contribution in [0.5, 0.6) is 0 Å². The molecule has 4 heteroatoms. The molecule has 3 nitrogen and oxygen atoms in total. The molecule has 0 bridgehead atoms. The van der Waals surface area contributed by atoms with Crippen molar-refractivity contribution in [1.82, 2.24) is 4.72 Å². The van der Waals surface area contributed by atoms with Gasteiger partial charge >= 0.3 is 0 Å². The largest absolute Gasteiger partial charge is 0.241 e. The van der Waals surface area contributed by atoms with E-state index in [1.807, 2.05) is 51.1 Å². The van der Waals surface area contributed by atoms with Crippen LogP contribution in [0.15, 0.2) is 41.3 Å². The van der Waals surface area contributed by atoms with Gasteiger partial charge in [-0.15, -0.1) is 0 Å². The highest BCUT2D eigenvalue weighted by Crippen LogP contribution is 2.32. The summed E-state index contributed by atoms with van der Waals surface area (Å²) in [6.07, 6.45) is 2.88. The first-order chi connectivity index (χ1) is 10.9. The molecular formula is C19H23NO2S. The van der Waals surface area contributed by atoms with Gasteiger partial charge < -0.3 is 0 Å². The van der Waals surface area contributed by atoms with E-state index in [4.69, 9.17) is 0 Å². The van der Waals surface area contributed by atoms with Crippen molar-refractivity contribution >= 4 is 10.0 Å². The molecule has 122 valence electrons. The van der Waals surface area contributed by atoms with E-state index in [1.165, 1.54) is 5.56 Å². The van der Waals surface area contributed by atoms with Gasteiger partial charge in [0.1, 0.15) is 0 Å². The van der Waals surface area contributed by atoms with Crippen molar-refractivity contribution in [2.45, 2.75) is 51.0 Å². The Morgan fingerprint density at radius 1 is 1.04 bits per heavy atom. The van der Waals surface area contributed by atoms with E-state index in [0.717, 1.165) is 41.5 Å². The van der Waals surface area contributed by atoms with Gasteiger partial charge in [-0.1, -0.05) is 42.0 Å². The fourth-order valence-electron chi connectivity index (χ4n) is 3.71. The molecule has 0 spiro atoms. The summed E-state index contributed by atoms with van der Waals surface area (Å²) in [5.41, 5.74) is 5.06. The molecule has 2 aromatic carbocycles. The van der Waals surface area contributed by atoms with Crippen LogP contribution in [0.4, 0.5) is 0 Å². The Hall–Kier alpha value is -1.65. The fraction of sp³-hybridized carbons (Fsp3) is 0.368. The summed E-state index contributed by atoms with van der Waals surface area (Å²) < 4.78 is 28.8. The summed E-state index contributed by atoms with van der Waals surface area (Å²) in [6, 6.07) is 11.9. The van der Waals surface area contributed by atoms with Crippen molar-refractivity contribution in [1.29, 1.82) is 0 Å². The molecule has 0 aliphatic heterocycles. The number of nitrogens with one attached hydrogen (secondary N) is 1. The van der Waals surface area contributed by atoms with Crippen molar-refractivity contribution in [2.75, 3.05) is 0 Å². The van der Waals surface area contributed by atoms with Crippen molar-refractivity contribution in [3.63, 3.8) is 0 Å². The zero-order valence-electron chi connectivity index (χ0n) is 13.9. The Balaban J connectivity index is 1.98. The van der Waals surface area contributed by atoms with Gasteiger partial charge in [0.2, 0.25) is 10.0 Å². The summed E-state index contributed by atoms with van der Waals surface area (Å²) in [7, 11) is -3.53. The molecule has 3 rings (SSSR count). The predicted molar refractivity (Wildman–Crippen MR) is 93.1 cm³/mol. The third kappa shape index (κ3) is 3.19. The van der Waals surface area contributed by atoms with E-state index in [2.05, 4.69) is 10.8 Å². The van der Waals surface area contributed by atoms with Crippen LogP contribution in [0.25, 0.3) is 0 Å². The van der Waals surface area contributed by atoms with Gasteiger partial charge in [0.25, 0.3) is 0 Å². The molecule has 0 saturated heterocycles. The summed E-state index contributed by atoms with van der Waals surface area (Å²) >= 11 is 0. The highest BCUT2D eigenvalue weighted by atomic mass is 32.2. The molecule has 1 N–H and O–H groups in total. The van der Waals surface area contributed by atoms with E-state index in [9.17, 15) is 8.42 Å². The lowest BCUT2D eigenvalue weighted by Gasteiger charge is -2.27. The zero-order valence-corrected chi connectivity index (χ0v) is 14.7. The number of rotatable bonds is 3. The Morgan fingerprint density at radius 2 is 1.70 bits per heavy atom. The lowest BCUT2D eigenvalue weighted by molar-refractivity contribution is 0.507. The summed E-state index contributed by atoms with van der Waals surface area (Å²) in [6.45, 7) is 5.72. The first-order valence-electron chi connectivity index (χ1n) is 8.06. The predicted octanol–water partition coefficient (Wildman–Crippen LogP) is 3.97. The monoisotopic (exact) mass is 329 g/mol. The zero-order chi connectivity index (χ0) is 16.6. The van der Waals surface area contributed by atoms with Gasteiger partial charge in [0.05, 0.1) is 4.90 Å². The fourth-order valence-corrected chi connectivity index (χ4v) is 5.42. The molecule has 0 radical (unpaired) electrons. The maximum Gasteiger partial charge on any atom is 0.241 e. The Kier molecular flexibility index (Phi) is 4.30. The van der Waals surface area contributed by atoms with Crippen LogP contribution in [0.1, 0.15) is 46.7 Å². The van der Waals surface area contributed by atoms with Crippen LogP contribution in [0, 0.1) is 20.8 Å². The number of aryl methyl sites for hydroxylation is 4. The van der Waals surface area contributed by atoms with E-state index in [-0.39, 0.29) is 6.04 Å². The van der Waals surface area contributed by atoms with Gasteiger partial charge in [-0.3, -0.25) is 0 Å². The molecule has 0 saturated carbocycles. The number of hydrogen-bond acceptors (Lipinski definition) is 2. The van der Waals surface area contributed by atoms with Crippen molar-refractivity contribution in [3.8, 4) is 0 Å². The highest BCUT2D eigenvalue weighted by Gasteiger charge is 2.27. The maximum atomic E-state index is 13.0. The molecular weight excluding hydrogens is 306 g/mol. The molecule has 1 unspecified atom stereocenters. The molecule has 2 aromatic rings.